The first kappa shape index (κ1) is 17.5. The van der Waals surface area contributed by atoms with Gasteiger partial charge in [-0.25, -0.2) is 14.5 Å². The van der Waals surface area contributed by atoms with Crippen LogP contribution in [0.4, 0.5) is 0 Å². The van der Waals surface area contributed by atoms with E-state index in [1.165, 1.54) is 19.4 Å². The fourth-order valence-corrected chi connectivity index (χ4v) is 2.78. The third-order valence-corrected chi connectivity index (χ3v) is 4.03. The SMILES string of the molecule is CCOC(=O)[C@@H](C(C)=O)n1cnc2c(cnn2-c2ccccc2C)c1=O. The predicted octanol–water partition coefficient (Wildman–Crippen LogP) is 1.58. The lowest BCUT2D eigenvalue weighted by Gasteiger charge is -2.15. The number of ketones is 1. The van der Waals surface area contributed by atoms with Crippen LogP contribution in [0.3, 0.4) is 0 Å². The molecule has 2 aromatic heterocycles. The molecule has 3 rings (SSSR count). The number of carbonyl (C=O) groups is 2. The lowest BCUT2D eigenvalue weighted by atomic mass is 10.2. The Morgan fingerprint density at radius 3 is 2.65 bits per heavy atom. The average Bonchev–Trinajstić information content (AvgIpc) is 3.02. The van der Waals surface area contributed by atoms with Crippen molar-refractivity contribution in [1.82, 2.24) is 19.3 Å². The number of carbonyl (C=O) groups excluding carboxylic acids is 2. The number of aryl methyl sites for hydroxylation is 1. The number of hydrogen-bond donors (Lipinski definition) is 0. The third kappa shape index (κ3) is 2.90. The van der Waals surface area contributed by atoms with E-state index in [0.717, 1.165) is 15.8 Å². The molecule has 0 bridgehead atoms. The van der Waals surface area contributed by atoms with E-state index in [0.29, 0.717) is 5.65 Å². The van der Waals surface area contributed by atoms with Crippen LogP contribution in [0, 0.1) is 6.92 Å². The van der Waals surface area contributed by atoms with Gasteiger partial charge in [0.1, 0.15) is 11.7 Å². The molecule has 1 aromatic carbocycles. The van der Waals surface area contributed by atoms with Crippen molar-refractivity contribution in [3.05, 3.63) is 52.7 Å². The van der Waals surface area contributed by atoms with Crippen LogP contribution in [0.15, 0.2) is 41.6 Å². The molecule has 2 heterocycles. The van der Waals surface area contributed by atoms with Gasteiger partial charge in [-0.2, -0.15) is 5.10 Å². The van der Waals surface area contributed by atoms with E-state index in [1.54, 1.807) is 11.6 Å². The largest absolute Gasteiger partial charge is 0.464 e. The Balaban J connectivity index is 2.16. The zero-order chi connectivity index (χ0) is 18.8. The standard InChI is InChI=1S/C18H18N4O4/c1-4-26-18(25)15(12(3)23)21-10-19-16-13(17(21)24)9-20-22(16)14-8-6-5-7-11(14)2/h5-10,15H,4H2,1-3H3/t15-/m1/s1. The highest BCUT2D eigenvalue weighted by atomic mass is 16.5. The summed E-state index contributed by atoms with van der Waals surface area (Å²) >= 11 is 0. The number of rotatable bonds is 5. The van der Waals surface area contributed by atoms with Crippen LogP contribution in [0.5, 0.6) is 0 Å². The molecule has 8 nitrogen and oxygen atoms in total. The Kier molecular flexibility index (Phi) is 4.66. The Labute approximate surface area is 149 Å². The van der Waals surface area contributed by atoms with Gasteiger partial charge in [0, 0.05) is 0 Å². The van der Waals surface area contributed by atoms with Crippen molar-refractivity contribution in [2.24, 2.45) is 0 Å². The minimum absolute atomic E-state index is 0.109. The summed E-state index contributed by atoms with van der Waals surface area (Å²) < 4.78 is 7.46. The van der Waals surface area contributed by atoms with E-state index < -0.39 is 23.4 Å². The number of aromatic nitrogens is 4. The molecule has 3 aromatic rings. The van der Waals surface area contributed by atoms with E-state index in [-0.39, 0.29) is 12.0 Å². The third-order valence-electron chi connectivity index (χ3n) is 4.03. The van der Waals surface area contributed by atoms with Crippen LogP contribution in [-0.4, -0.2) is 37.7 Å². The Morgan fingerprint density at radius 2 is 2.00 bits per heavy atom. The molecule has 0 fully saturated rings. The van der Waals surface area contributed by atoms with Crippen molar-refractivity contribution >= 4 is 22.8 Å². The lowest BCUT2D eigenvalue weighted by molar-refractivity contribution is -0.150. The summed E-state index contributed by atoms with van der Waals surface area (Å²) in [5, 5.41) is 4.47. The number of Topliss-reactive ketones (excluding diaryl/α,β-unsaturated/α-hetero) is 1. The normalized spacial score (nSPS) is 12.1. The summed E-state index contributed by atoms with van der Waals surface area (Å²) in [6.07, 6.45) is 2.57. The number of hydrogen-bond acceptors (Lipinski definition) is 6. The first-order valence-corrected chi connectivity index (χ1v) is 8.13. The van der Waals surface area contributed by atoms with Gasteiger partial charge >= 0.3 is 5.97 Å². The van der Waals surface area contributed by atoms with Gasteiger partial charge in [0.25, 0.3) is 5.56 Å². The zero-order valence-corrected chi connectivity index (χ0v) is 14.7. The van der Waals surface area contributed by atoms with Crippen LogP contribution in [0.25, 0.3) is 16.7 Å². The smallest absolute Gasteiger partial charge is 0.337 e. The monoisotopic (exact) mass is 354 g/mol. The number of esters is 1. The number of para-hydroxylation sites is 1. The minimum Gasteiger partial charge on any atom is -0.464 e. The second-order valence-corrected chi connectivity index (χ2v) is 5.80. The highest BCUT2D eigenvalue weighted by Gasteiger charge is 2.29. The Bertz CT molecular complexity index is 1050. The molecular weight excluding hydrogens is 336 g/mol. The van der Waals surface area contributed by atoms with Crippen molar-refractivity contribution in [2.45, 2.75) is 26.8 Å². The van der Waals surface area contributed by atoms with Crippen LogP contribution in [0.1, 0.15) is 25.5 Å². The maximum absolute atomic E-state index is 12.8. The predicted molar refractivity (Wildman–Crippen MR) is 94.2 cm³/mol. The Morgan fingerprint density at radius 1 is 1.27 bits per heavy atom. The number of nitrogens with zero attached hydrogens (tertiary/aromatic N) is 4. The molecule has 0 aliphatic carbocycles. The van der Waals surface area contributed by atoms with Crippen molar-refractivity contribution in [2.75, 3.05) is 6.61 Å². The van der Waals surface area contributed by atoms with Gasteiger partial charge in [0.05, 0.1) is 18.5 Å². The molecular formula is C18H18N4O4. The number of ether oxygens (including phenoxy) is 1. The van der Waals surface area contributed by atoms with E-state index in [9.17, 15) is 14.4 Å². The fourth-order valence-electron chi connectivity index (χ4n) is 2.78. The summed E-state index contributed by atoms with van der Waals surface area (Å²) in [7, 11) is 0. The maximum Gasteiger partial charge on any atom is 0.337 e. The molecule has 0 N–H and O–H groups in total. The van der Waals surface area contributed by atoms with Crippen molar-refractivity contribution in [3.63, 3.8) is 0 Å². The van der Waals surface area contributed by atoms with Crippen molar-refractivity contribution < 1.29 is 14.3 Å². The number of fused-ring (bicyclic) bond motifs is 1. The first-order chi connectivity index (χ1) is 12.5. The van der Waals surface area contributed by atoms with E-state index in [4.69, 9.17) is 4.74 Å². The molecule has 0 saturated carbocycles. The molecule has 1 atom stereocenters. The summed E-state index contributed by atoms with van der Waals surface area (Å²) in [6, 6.07) is 6.20. The molecule has 0 radical (unpaired) electrons. The fraction of sp³-hybridized carbons (Fsp3) is 0.278. The van der Waals surface area contributed by atoms with Gasteiger partial charge in [-0.15, -0.1) is 0 Å². The molecule has 8 heteroatoms. The second kappa shape index (κ2) is 6.91. The highest BCUT2D eigenvalue weighted by molar-refractivity contribution is 6.00. The summed E-state index contributed by atoms with van der Waals surface area (Å²) in [5.41, 5.74) is 1.59. The molecule has 0 aliphatic heterocycles. The van der Waals surface area contributed by atoms with Gasteiger partial charge in [-0.1, -0.05) is 18.2 Å². The van der Waals surface area contributed by atoms with Gasteiger partial charge in [-0.05, 0) is 32.4 Å². The van der Waals surface area contributed by atoms with Gasteiger partial charge in [-0.3, -0.25) is 14.2 Å². The highest BCUT2D eigenvalue weighted by Crippen LogP contribution is 2.18. The summed E-state index contributed by atoms with van der Waals surface area (Å²) in [6.45, 7) is 4.90. The average molecular weight is 354 g/mol. The molecule has 0 unspecified atom stereocenters. The van der Waals surface area contributed by atoms with E-state index in [2.05, 4.69) is 10.1 Å². The zero-order valence-electron chi connectivity index (χ0n) is 14.7. The van der Waals surface area contributed by atoms with Gasteiger partial charge in [0.2, 0.25) is 0 Å². The quantitative estimate of drug-likeness (QED) is 0.510. The molecule has 0 saturated heterocycles. The van der Waals surface area contributed by atoms with Gasteiger partial charge in [0.15, 0.2) is 17.5 Å². The maximum atomic E-state index is 12.8. The van der Waals surface area contributed by atoms with E-state index >= 15 is 0 Å². The number of benzene rings is 1. The summed E-state index contributed by atoms with van der Waals surface area (Å²) in [5.74, 6) is -1.28. The Hall–Kier alpha value is -3.29. The van der Waals surface area contributed by atoms with Crippen molar-refractivity contribution in [3.8, 4) is 5.69 Å². The topological polar surface area (TPSA) is 96.1 Å². The molecule has 0 amide bonds. The van der Waals surface area contributed by atoms with Gasteiger partial charge < -0.3 is 4.74 Å². The van der Waals surface area contributed by atoms with E-state index in [1.807, 2.05) is 31.2 Å². The molecule has 0 aliphatic rings. The van der Waals surface area contributed by atoms with Crippen LogP contribution in [-0.2, 0) is 14.3 Å². The minimum atomic E-state index is -1.36. The van der Waals surface area contributed by atoms with Crippen LogP contribution in [0.2, 0.25) is 0 Å². The van der Waals surface area contributed by atoms with Crippen LogP contribution < -0.4 is 5.56 Å². The van der Waals surface area contributed by atoms with Crippen molar-refractivity contribution in [1.29, 1.82) is 0 Å². The lowest BCUT2D eigenvalue weighted by Crippen LogP contribution is -2.35. The van der Waals surface area contributed by atoms with Crippen LogP contribution >= 0.6 is 0 Å². The molecule has 134 valence electrons. The second-order valence-electron chi connectivity index (χ2n) is 5.80. The molecule has 26 heavy (non-hydrogen) atoms. The first-order valence-electron chi connectivity index (χ1n) is 8.13. The molecule has 0 spiro atoms. The summed E-state index contributed by atoms with van der Waals surface area (Å²) in [4.78, 5) is 41.1.